The molecule has 1 fully saturated rings. The minimum atomic E-state index is -1.18. The molecule has 2 aliphatic heterocycles. The highest BCUT2D eigenvalue weighted by Crippen LogP contribution is 2.42. The number of thioether (sulfide) groups is 1. The zero-order chi connectivity index (χ0) is 28.9. The van der Waals surface area contributed by atoms with Crippen molar-refractivity contribution in [1.29, 1.82) is 0 Å². The molecule has 2 amide bonds. The van der Waals surface area contributed by atoms with E-state index in [-0.39, 0.29) is 12.3 Å². The number of hydrogen-bond donors (Lipinski definition) is 1. The van der Waals surface area contributed by atoms with Gasteiger partial charge in [0.15, 0.2) is 12.1 Å². The third kappa shape index (κ3) is 6.13. The van der Waals surface area contributed by atoms with Crippen LogP contribution in [0.15, 0.2) is 102 Å². The van der Waals surface area contributed by atoms with Crippen molar-refractivity contribution < 1.29 is 28.7 Å². The van der Waals surface area contributed by atoms with Gasteiger partial charge in [-0.15, -0.1) is 23.1 Å². The molecule has 0 radical (unpaired) electrons. The van der Waals surface area contributed by atoms with E-state index in [0.29, 0.717) is 5.57 Å². The highest BCUT2D eigenvalue weighted by Gasteiger charge is 2.57. The Morgan fingerprint density at radius 1 is 1.00 bits per heavy atom. The van der Waals surface area contributed by atoms with E-state index in [0.717, 1.165) is 16.0 Å². The first-order chi connectivity index (χ1) is 19.9. The lowest BCUT2D eigenvalue weighted by atomic mass is 9.94. The number of carbonyl (C=O) groups is 4. The van der Waals surface area contributed by atoms with Crippen LogP contribution in [0.5, 0.6) is 0 Å². The van der Waals surface area contributed by atoms with E-state index in [4.69, 9.17) is 9.47 Å². The molecule has 3 heterocycles. The van der Waals surface area contributed by atoms with Crippen molar-refractivity contribution in [2.45, 2.75) is 43.0 Å². The summed E-state index contributed by atoms with van der Waals surface area (Å²) in [6, 6.07) is 20.3. The number of nitrogens with one attached hydrogen (secondary N) is 1. The molecule has 2 unspecified atom stereocenters. The number of thiophene rings is 1. The van der Waals surface area contributed by atoms with Crippen molar-refractivity contribution in [2.75, 3.05) is 0 Å². The maximum absolute atomic E-state index is 14.0. The van der Waals surface area contributed by atoms with Gasteiger partial charge in [0.25, 0.3) is 0 Å². The summed E-state index contributed by atoms with van der Waals surface area (Å²) in [5.41, 5.74) is 1.87. The Morgan fingerprint density at radius 2 is 1.66 bits per heavy atom. The second-order valence-electron chi connectivity index (χ2n) is 9.50. The zero-order valence-electron chi connectivity index (χ0n) is 22.2. The fourth-order valence-corrected chi connectivity index (χ4v) is 6.84. The summed E-state index contributed by atoms with van der Waals surface area (Å²) in [6.07, 6.45) is -0.129. The molecule has 1 aromatic heterocycles. The number of rotatable bonds is 10. The van der Waals surface area contributed by atoms with Crippen molar-refractivity contribution in [3.05, 3.63) is 118 Å². The van der Waals surface area contributed by atoms with Gasteiger partial charge in [-0.1, -0.05) is 73.3 Å². The molecule has 2 aromatic carbocycles. The van der Waals surface area contributed by atoms with Crippen molar-refractivity contribution in [3.8, 4) is 0 Å². The predicted molar refractivity (Wildman–Crippen MR) is 157 cm³/mol. The molecule has 0 aliphatic carbocycles. The third-order valence-electron chi connectivity index (χ3n) is 6.75. The van der Waals surface area contributed by atoms with Crippen LogP contribution in [-0.4, -0.2) is 52.2 Å². The number of hydrogen-bond acceptors (Lipinski definition) is 8. The van der Waals surface area contributed by atoms with Crippen molar-refractivity contribution in [2.24, 2.45) is 0 Å². The van der Waals surface area contributed by atoms with E-state index in [1.807, 2.05) is 78.2 Å². The van der Waals surface area contributed by atoms with Gasteiger partial charge in [0, 0.05) is 17.4 Å². The number of carbonyl (C=O) groups excluding carboxylic acids is 4. The normalized spacial score (nSPS) is 20.2. The highest BCUT2D eigenvalue weighted by atomic mass is 32.2. The fourth-order valence-electron chi connectivity index (χ4n) is 4.88. The van der Waals surface area contributed by atoms with E-state index >= 15 is 0 Å². The molecular weight excluding hydrogens is 560 g/mol. The molecule has 3 aromatic rings. The molecule has 2 aliphatic rings. The summed E-state index contributed by atoms with van der Waals surface area (Å²) in [5.74, 6) is -1.95. The lowest BCUT2D eigenvalue weighted by molar-refractivity contribution is -0.166. The predicted octanol–water partition coefficient (Wildman–Crippen LogP) is 4.39. The van der Waals surface area contributed by atoms with E-state index in [2.05, 4.69) is 11.9 Å². The zero-order valence-corrected chi connectivity index (χ0v) is 23.8. The minimum absolute atomic E-state index is 0.159. The Kier molecular flexibility index (Phi) is 8.70. The first-order valence-corrected chi connectivity index (χ1v) is 14.8. The van der Waals surface area contributed by atoms with Crippen LogP contribution in [0.25, 0.3) is 0 Å². The summed E-state index contributed by atoms with van der Waals surface area (Å²) >= 11 is 2.73. The largest absolute Gasteiger partial charge is 0.454 e. The first-order valence-electron chi connectivity index (χ1n) is 13.0. The molecule has 1 N–H and O–H groups in total. The van der Waals surface area contributed by atoms with Gasteiger partial charge in [0.2, 0.25) is 11.8 Å². The lowest BCUT2D eigenvalue weighted by Gasteiger charge is -2.52. The van der Waals surface area contributed by atoms with Gasteiger partial charge in [-0.05, 0) is 34.1 Å². The lowest BCUT2D eigenvalue weighted by Crippen LogP contribution is -2.74. The number of amides is 2. The highest BCUT2D eigenvalue weighted by molar-refractivity contribution is 8.03. The number of fused-ring (bicyclic) bond motifs is 1. The van der Waals surface area contributed by atoms with Crippen LogP contribution in [0.2, 0.25) is 0 Å². The number of β-lactam (4-membered cyclic amide) rings is 1. The molecule has 10 heteroatoms. The Bertz CT molecular complexity index is 1420. The molecule has 0 bridgehead atoms. The number of benzene rings is 2. The molecule has 0 saturated carbocycles. The number of ether oxygens (including phenoxy) is 2. The smallest absolute Gasteiger partial charge is 0.334 e. The van der Waals surface area contributed by atoms with Crippen LogP contribution >= 0.6 is 23.1 Å². The van der Waals surface area contributed by atoms with Gasteiger partial charge in [-0.2, -0.15) is 0 Å². The Balaban J connectivity index is 1.43. The molecule has 41 heavy (non-hydrogen) atoms. The van der Waals surface area contributed by atoms with Crippen LogP contribution in [0.3, 0.4) is 0 Å². The van der Waals surface area contributed by atoms with Crippen molar-refractivity contribution >= 4 is 46.9 Å². The Hall–Kier alpha value is -4.15. The molecule has 0 spiro atoms. The van der Waals surface area contributed by atoms with Gasteiger partial charge in [-0.25, -0.2) is 4.79 Å². The van der Waals surface area contributed by atoms with Crippen molar-refractivity contribution in [1.82, 2.24) is 10.2 Å². The van der Waals surface area contributed by atoms with Crippen LogP contribution < -0.4 is 5.32 Å². The second-order valence-corrected chi connectivity index (χ2v) is 11.5. The number of esters is 2. The summed E-state index contributed by atoms with van der Waals surface area (Å²) in [5, 5.41) is 5.86. The molecular formula is C31H28N2O6S2. The first kappa shape index (κ1) is 28.4. The summed E-state index contributed by atoms with van der Waals surface area (Å²) in [6.45, 7) is 5.03. The average Bonchev–Trinajstić information content (AvgIpc) is 3.50. The second kappa shape index (κ2) is 12.6. The fraction of sp³-hybridized carbons (Fsp3) is 0.226. The standard InChI is InChI=1S/C31H28N2O6S2/c1-3-24(38-19(2)34)23-18-41-30-26(32-25(35)17-22-15-10-16-40-22)29(36)33(30)27(23)31(37)39-28(20-11-6-4-7-12-20)21-13-8-5-9-14-21/h3-16,18,24,26-28,30H,1,17H2,2H3,(H,32,35)/t24?,26-,27?,30-/m1/s1. The van der Waals surface area contributed by atoms with Crippen molar-refractivity contribution in [3.63, 3.8) is 0 Å². The Morgan fingerprint density at radius 3 is 2.22 bits per heavy atom. The van der Waals surface area contributed by atoms with E-state index in [9.17, 15) is 19.2 Å². The topological polar surface area (TPSA) is 102 Å². The quantitative estimate of drug-likeness (QED) is 0.213. The molecule has 8 nitrogen and oxygen atoms in total. The molecule has 1 saturated heterocycles. The van der Waals surface area contributed by atoms with Gasteiger partial charge < -0.3 is 19.7 Å². The summed E-state index contributed by atoms with van der Waals surface area (Å²) in [4.78, 5) is 54.3. The molecule has 4 atom stereocenters. The molecule has 210 valence electrons. The van der Waals surface area contributed by atoms with Gasteiger partial charge in [0.05, 0.1) is 6.42 Å². The van der Waals surface area contributed by atoms with E-state index in [1.165, 1.54) is 41.0 Å². The maximum Gasteiger partial charge on any atom is 0.334 e. The third-order valence-corrected chi connectivity index (χ3v) is 8.81. The molecule has 5 rings (SSSR count). The van der Waals surface area contributed by atoms with Crippen LogP contribution in [0.4, 0.5) is 0 Å². The van der Waals surface area contributed by atoms with Gasteiger partial charge in [0.1, 0.15) is 17.5 Å². The van der Waals surface area contributed by atoms with E-state index < -0.39 is 47.5 Å². The van der Waals surface area contributed by atoms with Crippen LogP contribution in [0.1, 0.15) is 29.0 Å². The van der Waals surface area contributed by atoms with Gasteiger partial charge in [-0.3, -0.25) is 14.4 Å². The minimum Gasteiger partial charge on any atom is -0.454 e. The summed E-state index contributed by atoms with van der Waals surface area (Å²) in [7, 11) is 0. The number of nitrogens with zero attached hydrogens (tertiary/aromatic N) is 1. The maximum atomic E-state index is 14.0. The SMILES string of the molecule is C=CC(OC(C)=O)C1=CS[C@@H]2[C@H](NC(=O)Cc3cccs3)C(=O)N2C1C(=O)OC(c1ccccc1)c1ccccc1. The van der Waals surface area contributed by atoms with Crippen LogP contribution in [-0.2, 0) is 35.1 Å². The van der Waals surface area contributed by atoms with E-state index in [1.54, 1.807) is 5.41 Å². The summed E-state index contributed by atoms with van der Waals surface area (Å²) < 4.78 is 11.6. The Labute approximate surface area is 246 Å². The van der Waals surface area contributed by atoms with Crippen LogP contribution in [0, 0.1) is 0 Å². The average molecular weight is 589 g/mol. The van der Waals surface area contributed by atoms with Gasteiger partial charge >= 0.3 is 11.9 Å². The monoisotopic (exact) mass is 588 g/mol.